The van der Waals surface area contributed by atoms with E-state index in [1.807, 2.05) is 74.5 Å². The molecule has 0 atom stereocenters. The van der Waals surface area contributed by atoms with E-state index in [1.165, 1.54) is 0 Å². The number of phenols is 1. The monoisotopic (exact) mass is 639 g/mol. The Morgan fingerprint density at radius 3 is 2.24 bits per heavy atom. The average Bonchev–Trinajstić information content (AvgIpc) is 3.50. The molecule has 0 bridgehead atoms. The van der Waals surface area contributed by atoms with Gasteiger partial charge in [0.05, 0.1) is 39.6 Å². The van der Waals surface area contributed by atoms with Crippen molar-refractivity contribution in [1.82, 2.24) is 14.5 Å². The molecule has 5 aromatic carbocycles. The molecule has 0 aliphatic carbocycles. The van der Waals surface area contributed by atoms with Gasteiger partial charge < -0.3 is 5.11 Å². The van der Waals surface area contributed by atoms with Gasteiger partial charge in [0, 0.05) is 24.3 Å². The minimum absolute atomic E-state index is 0.150. The standard InChI is InChI=1S/C44H38N4O/c1-28(2)31-23-32(25-33(24-31)38-22-29(27-45)20-21-46-38)36-15-11-17-40-42(36)47-43(37-26-34(44(3,4)5)18-19-41(37)49)48(40)39-16-10-9-14-35(39)30-12-7-6-8-13-30/h6-26,28,49H,1-5H3/i28D. The van der Waals surface area contributed by atoms with Crippen LogP contribution in [0.25, 0.3) is 61.6 Å². The number of fused-ring (bicyclic) bond motifs is 1. The maximum atomic E-state index is 11.5. The summed E-state index contributed by atoms with van der Waals surface area (Å²) in [6.07, 6.45) is 1.64. The summed E-state index contributed by atoms with van der Waals surface area (Å²) in [7, 11) is 0. The summed E-state index contributed by atoms with van der Waals surface area (Å²) in [5.41, 5.74) is 10.8. The highest BCUT2D eigenvalue weighted by molar-refractivity contribution is 5.97. The van der Waals surface area contributed by atoms with Gasteiger partial charge in [-0.1, -0.05) is 107 Å². The lowest BCUT2D eigenvalue weighted by Crippen LogP contribution is -2.11. The number of nitriles is 1. The molecular formula is C44H38N4O. The summed E-state index contributed by atoms with van der Waals surface area (Å²) in [5, 5.41) is 21.0. The summed E-state index contributed by atoms with van der Waals surface area (Å²) in [4.78, 5) is 9.97. The molecule has 49 heavy (non-hydrogen) atoms. The van der Waals surface area contributed by atoms with Crippen LogP contribution in [-0.4, -0.2) is 19.6 Å². The second-order valence-corrected chi connectivity index (χ2v) is 13.6. The number of benzene rings is 5. The van der Waals surface area contributed by atoms with E-state index in [0.717, 1.165) is 55.7 Å². The Morgan fingerprint density at radius 1 is 0.755 bits per heavy atom. The van der Waals surface area contributed by atoms with Gasteiger partial charge in [-0.2, -0.15) is 5.26 Å². The molecule has 0 unspecified atom stereocenters. The van der Waals surface area contributed by atoms with Crippen molar-refractivity contribution in [2.24, 2.45) is 0 Å². The van der Waals surface area contributed by atoms with E-state index in [4.69, 9.17) is 6.35 Å². The number of para-hydroxylation sites is 2. The van der Waals surface area contributed by atoms with Gasteiger partial charge in [0.1, 0.15) is 11.6 Å². The molecule has 0 amide bonds. The minimum atomic E-state index is -0.899. The number of nitrogens with zero attached hydrogens (tertiary/aromatic N) is 4. The Labute approximate surface area is 289 Å². The number of aromatic hydroxyl groups is 1. The zero-order chi connectivity index (χ0) is 35.2. The van der Waals surface area contributed by atoms with Crippen LogP contribution in [0.4, 0.5) is 0 Å². The van der Waals surface area contributed by atoms with E-state index in [2.05, 4.69) is 78.9 Å². The van der Waals surface area contributed by atoms with Crippen LogP contribution in [0.2, 0.25) is 0 Å². The molecule has 1 N–H and O–H groups in total. The molecule has 0 saturated heterocycles. The van der Waals surface area contributed by atoms with Crippen molar-refractivity contribution in [3.8, 4) is 62.4 Å². The van der Waals surface area contributed by atoms with Crippen LogP contribution >= 0.6 is 0 Å². The predicted octanol–water partition coefficient (Wildman–Crippen LogP) is 11.1. The van der Waals surface area contributed by atoms with E-state index in [1.54, 1.807) is 24.4 Å². The lowest BCUT2D eigenvalue weighted by Gasteiger charge is -2.21. The topological polar surface area (TPSA) is 74.7 Å². The van der Waals surface area contributed by atoms with Crippen LogP contribution in [0.15, 0.2) is 128 Å². The first-order valence-electron chi connectivity index (χ1n) is 16.9. The van der Waals surface area contributed by atoms with Gasteiger partial charge in [0.15, 0.2) is 0 Å². The Morgan fingerprint density at radius 2 is 1.49 bits per heavy atom. The number of aromatic nitrogens is 3. The third-order valence-corrected chi connectivity index (χ3v) is 9.02. The van der Waals surface area contributed by atoms with Crippen molar-refractivity contribution in [2.45, 2.75) is 45.9 Å². The van der Waals surface area contributed by atoms with Gasteiger partial charge in [-0.25, -0.2) is 4.98 Å². The summed E-state index contributed by atoms with van der Waals surface area (Å²) in [5.74, 6) is -0.124. The second-order valence-electron chi connectivity index (χ2n) is 13.6. The number of rotatable bonds is 6. The SMILES string of the molecule is [2H]C(C)(C)c1cc(-c2cc(C#N)ccn2)cc(-c2cccc3c2nc(-c2cc(C(C)(C)C)ccc2O)n3-c2ccccc2-c2ccccc2)c1. The molecule has 0 fully saturated rings. The van der Waals surface area contributed by atoms with Crippen molar-refractivity contribution in [3.63, 3.8) is 0 Å². The first-order valence-corrected chi connectivity index (χ1v) is 16.4. The fraction of sp³-hybridized carbons (Fsp3) is 0.159. The van der Waals surface area contributed by atoms with Crippen LogP contribution in [0, 0.1) is 11.3 Å². The first-order chi connectivity index (χ1) is 23.9. The van der Waals surface area contributed by atoms with Gasteiger partial charge in [-0.05, 0) is 82.1 Å². The van der Waals surface area contributed by atoms with E-state index in [-0.39, 0.29) is 11.2 Å². The Balaban J connectivity index is 1.56. The van der Waals surface area contributed by atoms with E-state index >= 15 is 0 Å². The maximum absolute atomic E-state index is 11.5. The highest BCUT2D eigenvalue weighted by atomic mass is 16.3. The van der Waals surface area contributed by atoms with E-state index < -0.39 is 5.89 Å². The average molecular weight is 640 g/mol. The molecule has 2 aromatic heterocycles. The smallest absolute Gasteiger partial charge is 0.149 e. The van der Waals surface area contributed by atoms with Gasteiger partial charge in [-0.3, -0.25) is 9.55 Å². The van der Waals surface area contributed by atoms with Crippen molar-refractivity contribution >= 4 is 11.0 Å². The Bertz CT molecular complexity index is 2420. The summed E-state index contributed by atoms with van der Waals surface area (Å²) in [6, 6.07) is 42.3. The number of hydrogen-bond acceptors (Lipinski definition) is 4. The van der Waals surface area contributed by atoms with Gasteiger partial charge in [0.2, 0.25) is 0 Å². The molecular weight excluding hydrogens is 601 g/mol. The molecule has 0 saturated carbocycles. The van der Waals surface area contributed by atoms with Crippen molar-refractivity contribution in [1.29, 1.82) is 5.26 Å². The maximum Gasteiger partial charge on any atom is 0.149 e. The molecule has 5 nitrogen and oxygen atoms in total. The molecule has 0 aliphatic heterocycles. The van der Waals surface area contributed by atoms with E-state index in [0.29, 0.717) is 22.6 Å². The summed E-state index contributed by atoms with van der Waals surface area (Å²) >= 11 is 0. The molecule has 0 spiro atoms. The number of phenolic OH excluding ortho intramolecular Hbond substituents is 1. The first kappa shape index (κ1) is 30.4. The number of imidazole rings is 1. The third kappa shape index (κ3) is 5.98. The number of hydrogen-bond donors (Lipinski definition) is 1. The highest BCUT2D eigenvalue weighted by Gasteiger charge is 2.24. The van der Waals surface area contributed by atoms with Crippen LogP contribution in [0.5, 0.6) is 5.75 Å². The fourth-order valence-electron chi connectivity index (χ4n) is 6.35. The largest absolute Gasteiger partial charge is 0.507 e. The lowest BCUT2D eigenvalue weighted by molar-refractivity contribution is 0.475. The molecule has 5 heteroatoms. The van der Waals surface area contributed by atoms with Crippen LogP contribution < -0.4 is 0 Å². The normalized spacial score (nSPS) is 12.1. The van der Waals surface area contributed by atoms with Gasteiger partial charge >= 0.3 is 0 Å². The van der Waals surface area contributed by atoms with Crippen molar-refractivity contribution in [3.05, 3.63) is 144 Å². The second kappa shape index (κ2) is 12.6. The molecule has 240 valence electrons. The fourth-order valence-corrected chi connectivity index (χ4v) is 6.35. The minimum Gasteiger partial charge on any atom is -0.507 e. The zero-order valence-electron chi connectivity index (χ0n) is 29.4. The zero-order valence-corrected chi connectivity index (χ0v) is 28.4. The molecule has 0 radical (unpaired) electrons. The van der Waals surface area contributed by atoms with Crippen LogP contribution in [0.3, 0.4) is 0 Å². The molecule has 7 aromatic rings. The quantitative estimate of drug-likeness (QED) is 0.196. The lowest BCUT2D eigenvalue weighted by atomic mass is 9.86. The van der Waals surface area contributed by atoms with Crippen LogP contribution in [0.1, 0.15) is 58.6 Å². The number of pyridine rings is 1. The highest BCUT2D eigenvalue weighted by Crippen LogP contribution is 2.42. The third-order valence-electron chi connectivity index (χ3n) is 9.02. The molecule has 0 aliphatic rings. The molecule has 2 heterocycles. The van der Waals surface area contributed by atoms with E-state index in [9.17, 15) is 10.4 Å². The van der Waals surface area contributed by atoms with Crippen molar-refractivity contribution < 1.29 is 6.48 Å². The predicted molar refractivity (Wildman–Crippen MR) is 200 cm³/mol. The molecule has 7 rings (SSSR count). The van der Waals surface area contributed by atoms with Crippen LogP contribution in [-0.2, 0) is 5.41 Å². The summed E-state index contributed by atoms with van der Waals surface area (Å²) < 4.78 is 11.1. The Hall–Kier alpha value is -5.99. The van der Waals surface area contributed by atoms with Gasteiger partial charge in [-0.15, -0.1) is 0 Å². The summed E-state index contributed by atoms with van der Waals surface area (Å²) in [6.45, 7) is 10.2. The van der Waals surface area contributed by atoms with Crippen molar-refractivity contribution in [2.75, 3.05) is 0 Å². The Kier molecular flexibility index (Phi) is 7.78. The van der Waals surface area contributed by atoms with Gasteiger partial charge in [0.25, 0.3) is 0 Å².